The number of hydrogen-bond donors (Lipinski definition) is 1. The van der Waals surface area contributed by atoms with Crippen LogP contribution in [0, 0.1) is 0 Å². The highest BCUT2D eigenvalue weighted by molar-refractivity contribution is 6.47. The molecule has 0 unspecified atom stereocenters. The summed E-state index contributed by atoms with van der Waals surface area (Å²) in [5, 5.41) is 4.03. The lowest BCUT2D eigenvalue weighted by Crippen LogP contribution is -2.20. The van der Waals surface area contributed by atoms with Crippen molar-refractivity contribution in [1.82, 2.24) is 5.43 Å². The number of carbonyl (C=O) groups excluding carboxylic acids is 1. The van der Waals surface area contributed by atoms with Crippen LogP contribution in [0.4, 0.5) is 0 Å². The highest BCUT2D eigenvalue weighted by Gasteiger charge is 2.07. The summed E-state index contributed by atoms with van der Waals surface area (Å²) in [5.74, 6) is 0.950. The monoisotopic (exact) mass is 357 g/mol. The van der Waals surface area contributed by atoms with Gasteiger partial charge in [0.1, 0.15) is 11.5 Å². The Morgan fingerprint density at radius 1 is 1.00 bits per heavy atom. The second-order valence-electron chi connectivity index (χ2n) is 5.62. The SMILES string of the molecule is COc1ccc(/C=N/NC(=O)c2ccccc2)c(O[B]c2ccccc2)c1. The molecule has 27 heavy (non-hydrogen) atoms. The standard InChI is InChI=1S/C21H18BN2O3/c1-26-19-13-12-17(15-23-24-21(25)16-8-4-2-5-9-16)20(14-19)27-22-18-10-6-3-7-11-18/h2-15H,1H3,(H,24,25)/b23-15+. The zero-order valence-electron chi connectivity index (χ0n) is 14.8. The Kier molecular flexibility index (Phi) is 6.25. The van der Waals surface area contributed by atoms with Crippen molar-refractivity contribution in [2.45, 2.75) is 0 Å². The lowest BCUT2D eigenvalue weighted by molar-refractivity contribution is 0.0955. The number of nitrogens with zero attached hydrogens (tertiary/aromatic N) is 1. The van der Waals surface area contributed by atoms with Crippen LogP contribution in [0.1, 0.15) is 15.9 Å². The second kappa shape index (κ2) is 9.24. The Morgan fingerprint density at radius 2 is 1.70 bits per heavy atom. The molecule has 5 nitrogen and oxygen atoms in total. The molecule has 0 saturated heterocycles. The highest BCUT2D eigenvalue weighted by Crippen LogP contribution is 2.23. The molecular weight excluding hydrogens is 339 g/mol. The molecule has 133 valence electrons. The number of carbonyl (C=O) groups is 1. The van der Waals surface area contributed by atoms with Crippen LogP contribution in [-0.4, -0.2) is 26.7 Å². The molecule has 3 aromatic rings. The topological polar surface area (TPSA) is 59.9 Å². The third kappa shape index (κ3) is 5.22. The van der Waals surface area contributed by atoms with Crippen LogP contribution >= 0.6 is 0 Å². The summed E-state index contributed by atoms with van der Waals surface area (Å²) in [6.45, 7) is 0. The van der Waals surface area contributed by atoms with Gasteiger partial charge in [-0.25, -0.2) is 5.43 Å². The summed E-state index contributed by atoms with van der Waals surface area (Å²) < 4.78 is 11.1. The minimum absolute atomic E-state index is 0.279. The molecule has 0 aromatic heterocycles. The number of nitrogens with one attached hydrogen (secondary N) is 1. The van der Waals surface area contributed by atoms with Crippen LogP contribution in [0.15, 0.2) is 84.0 Å². The molecule has 0 spiro atoms. The van der Waals surface area contributed by atoms with Crippen molar-refractivity contribution in [2.75, 3.05) is 7.11 Å². The van der Waals surface area contributed by atoms with Crippen molar-refractivity contribution in [1.29, 1.82) is 0 Å². The number of benzene rings is 3. The number of rotatable bonds is 7. The van der Waals surface area contributed by atoms with Crippen molar-refractivity contribution in [3.05, 3.63) is 90.0 Å². The molecule has 0 atom stereocenters. The fourth-order valence-corrected chi connectivity index (χ4v) is 2.33. The van der Waals surface area contributed by atoms with E-state index in [1.807, 2.05) is 42.5 Å². The van der Waals surface area contributed by atoms with Crippen LogP contribution in [0.2, 0.25) is 0 Å². The van der Waals surface area contributed by atoms with E-state index in [1.54, 1.807) is 51.0 Å². The van der Waals surface area contributed by atoms with E-state index < -0.39 is 0 Å². The van der Waals surface area contributed by atoms with Crippen molar-refractivity contribution < 1.29 is 14.2 Å². The Hall–Kier alpha value is -3.54. The maximum Gasteiger partial charge on any atom is 0.408 e. The van der Waals surface area contributed by atoms with Crippen molar-refractivity contribution >= 4 is 25.1 Å². The van der Waals surface area contributed by atoms with Gasteiger partial charge in [0.2, 0.25) is 0 Å². The molecule has 0 aliphatic carbocycles. The Bertz CT molecular complexity index is 915. The number of hydrazone groups is 1. The molecule has 1 radical (unpaired) electrons. The van der Waals surface area contributed by atoms with E-state index in [1.165, 1.54) is 6.21 Å². The normalized spacial score (nSPS) is 10.4. The van der Waals surface area contributed by atoms with Gasteiger partial charge < -0.3 is 9.39 Å². The predicted octanol–water partition coefficient (Wildman–Crippen LogP) is 2.78. The van der Waals surface area contributed by atoms with Crippen molar-refractivity contribution in [2.24, 2.45) is 5.10 Å². The zero-order chi connectivity index (χ0) is 18.9. The van der Waals surface area contributed by atoms with E-state index in [9.17, 15) is 4.79 Å². The first-order valence-corrected chi connectivity index (χ1v) is 8.37. The smallest absolute Gasteiger partial charge is 0.408 e. The average Bonchev–Trinajstić information content (AvgIpc) is 2.74. The molecule has 0 saturated carbocycles. The predicted molar refractivity (Wildman–Crippen MR) is 107 cm³/mol. The maximum atomic E-state index is 12.0. The molecule has 0 fully saturated rings. The number of ether oxygens (including phenoxy) is 1. The largest absolute Gasteiger partial charge is 0.557 e. The van der Waals surface area contributed by atoms with Crippen LogP contribution in [0.25, 0.3) is 0 Å². The van der Waals surface area contributed by atoms with E-state index >= 15 is 0 Å². The summed E-state index contributed by atoms with van der Waals surface area (Å²) in [4.78, 5) is 12.0. The van der Waals surface area contributed by atoms with Gasteiger partial charge in [-0.15, -0.1) is 0 Å². The molecule has 1 amide bonds. The third-order valence-corrected chi connectivity index (χ3v) is 3.75. The van der Waals surface area contributed by atoms with E-state index in [-0.39, 0.29) is 5.91 Å². The van der Waals surface area contributed by atoms with Crippen molar-refractivity contribution in [3.8, 4) is 11.5 Å². The van der Waals surface area contributed by atoms with Gasteiger partial charge in [0.05, 0.1) is 13.3 Å². The summed E-state index contributed by atoms with van der Waals surface area (Å²) in [7, 11) is 3.24. The maximum absolute atomic E-state index is 12.0. The van der Waals surface area contributed by atoms with Crippen LogP contribution < -0.4 is 20.3 Å². The van der Waals surface area contributed by atoms with Gasteiger partial charge in [-0.05, 0) is 29.7 Å². The summed E-state index contributed by atoms with van der Waals surface area (Å²) >= 11 is 0. The third-order valence-electron chi connectivity index (χ3n) is 3.75. The van der Waals surface area contributed by atoms with E-state index in [2.05, 4.69) is 10.5 Å². The molecular formula is C21H18BN2O3. The molecule has 0 aliphatic heterocycles. The fourth-order valence-electron chi connectivity index (χ4n) is 2.33. The summed E-state index contributed by atoms with van der Waals surface area (Å²) in [6, 6.07) is 24.0. The van der Waals surface area contributed by atoms with E-state index in [0.717, 1.165) is 5.46 Å². The quantitative estimate of drug-likeness (QED) is 0.402. The highest BCUT2D eigenvalue weighted by atomic mass is 16.5. The minimum atomic E-state index is -0.279. The first kappa shape index (κ1) is 18.3. The Morgan fingerprint density at radius 3 is 2.41 bits per heavy atom. The van der Waals surface area contributed by atoms with E-state index in [4.69, 9.17) is 9.39 Å². The summed E-state index contributed by atoms with van der Waals surface area (Å²) in [6.07, 6.45) is 1.54. The molecule has 3 aromatic carbocycles. The van der Waals surface area contributed by atoms with Crippen LogP contribution in [-0.2, 0) is 0 Å². The minimum Gasteiger partial charge on any atom is -0.557 e. The van der Waals surface area contributed by atoms with Gasteiger partial charge in [0.15, 0.2) is 0 Å². The first-order valence-electron chi connectivity index (χ1n) is 8.37. The lowest BCUT2D eigenvalue weighted by Gasteiger charge is -2.10. The van der Waals surface area contributed by atoms with Gasteiger partial charge in [0.25, 0.3) is 5.91 Å². The molecule has 3 rings (SSSR count). The Labute approximate surface area is 158 Å². The number of methoxy groups -OCH3 is 1. The van der Waals surface area contributed by atoms with Gasteiger partial charge in [-0.3, -0.25) is 4.79 Å². The molecule has 0 bridgehead atoms. The molecule has 0 heterocycles. The molecule has 1 N–H and O–H groups in total. The van der Waals surface area contributed by atoms with Gasteiger partial charge in [-0.2, -0.15) is 5.10 Å². The van der Waals surface area contributed by atoms with Gasteiger partial charge in [0, 0.05) is 17.2 Å². The van der Waals surface area contributed by atoms with Gasteiger partial charge >= 0.3 is 7.48 Å². The first-order chi connectivity index (χ1) is 13.3. The second-order valence-corrected chi connectivity index (χ2v) is 5.62. The lowest BCUT2D eigenvalue weighted by atomic mass is 9.88. The number of amides is 1. The Balaban J connectivity index is 1.71. The van der Waals surface area contributed by atoms with Crippen LogP contribution in [0.5, 0.6) is 11.5 Å². The van der Waals surface area contributed by atoms with Crippen molar-refractivity contribution in [3.63, 3.8) is 0 Å². The average molecular weight is 357 g/mol. The van der Waals surface area contributed by atoms with Gasteiger partial charge in [-0.1, -0.05) is 48.5 Å². The fraction of sp³-hybridized carbons (Fsp3) is 0.0476. The molecule has 6 heteroatoms. The zero-order valence-corrected chi connectivity index (χ0v) is 14.8. The van der Waals surface area contributed by atoms with Crippen LogP contribution in [0.3, 0.4) is 0 Å². The van der Waals surface area contributed by atoms with E-state index in [0.29, 0.717) is 22.6 Å². The number of hydrogen-bond acceptors (Lipinski definition) is 4. The molecule has 0 aliphatic rings. The summed E-state index contributed by atoms with van der Waals surface area (Å²) in [5.41, 5.74) is 4.69.